The zero-order valence-electron chi connectivity index (χ0n) is 85.8. The zero-order chi connectivity index (χ0) is 102. The van der Waals surface area contributed by atoms with E-state index in [0.29, 0.717) is 122 Å². The van der Waals surface area contributed by atoms with Gasteiger partial charge in [-0.05, 0) is 449 Å². The predicted molar refractivity (Wildman–Crippen MR) is 566 cm³/mol. The summed E-state index contributed by atoms with van der Waals surface area (Å²) < 4.78 is 12.5. The van der Waals surface area contributed by atoms with E-state index < -0.39 is 45.2 Å². The number of benzene rings is 8. The highest BCUT2D eigenvalue weighted by molar-refractivity contribution is 6.62. The number of rotatable bonds is 11. The lowest BCUT2D eigenvalue weighted by atomic mass is 9.55. The Kier molecular flexibility index (Phi) is 27.7. The van der Waals surface area contributed by atoms with Gasteiger partial charge in [0.25, 0.3) is 0 Å². The molecular formula is C121H147B4N3O16. The van der Waals surface area contributed by atoms with Crippen LogP contribution in [0.4, 0.5) is 0 Å². The molecule has 11 fully saturated rings. The van der Waals surface area contributed by atoms with E-state index in [1.165, 1.54) is 75.8 Å². The van der Waals surface area contributed by atoms with Crippen LogP contribution in [0.25, 0.3) is 12.2 Å². The normalized spacial score (nSPS) is 34.0. The lowest BCUT2D eigenvalue weighted by molar-refractivity contribution is -0.130. The molecule has 10 saturated carbocycles. The highest BCUT2D eigenvalue weighted by Gasteiger charge is 2.63. The second-order valence-electron chi connectivity index (χ2n) is 48.9. The van der Waals surface area contributed by atoms with Crippen molar-refractivity contribution in [1.82, 2.24) is 0 Å². The number of Topliss-reactive ketones (excluding diaryl/α,β-unsaturated/α-hetero) is 3. The van der Waals surface area contributed by atoms with Crippen molar-refractivity contribution in [1.29, 1.82) is 0 Å². The molecule has 144 heavy (non-hydrogen) atoms. The molecule has 23 heteroatoms. The average molecular weight is 1940 g/mol. The molecule has 23 atom stereocenters. The van der Waals surface area contributed by atoms with Crippen LogP contribution < -0.4 is 39.1 Å². The third kappa shape index (κ3) is 18.3. The minimum atomic E-state index is -1.44. The number of nitrogens with two attached hydrogens (primary N) is 3. The first kappa shape index (κ1) is 102. The van der Waals surface area contributed by atoms with Gasteiger partial charge in [-0.2, -0.15) is 0 Å². The van der Waals surface area contributed by atoms with Gasteiger partial charge in [0, 0.05) is 51.2 Å². The van der Waals surface area contributed by atoms with E-state index in [2.05, 4.69) is 124 Å². The third-order valence-electron chi connectivity index (χ3n) is 41.1. The number of aliphatic hydroxyl groups is 2. The molecular weight excluding hydrogens is 1790 g/mol. The maximum Gasteiger partial charge on any atom is 0.494 e. The summed E-state index contributed by atoms with van der Waals surface area (Å²) in [5, 5.41) is 80.0. The Labute approximate surface area is 851 Å². The van der Waals surface area contributed by atoms with E-state index in [0.717, 1.165) is 199 Å². The monoisotopic (exact) mass is 1940 g/mol. The van der Waals surface area contributed by atoms with Crippen molar-refractivity contribution in [2.24, 2.45) is 109 Å². The zero-order valence-corrected chi connectivity index (χ0v) is 85.8. The molecule has 3 amide bonds. The molecule has 0 aromatic heterocycles. The fraction of sp³-hybridized carbons (Fsp3) is 0.521. The van der Waals surface area contributed by atoms with Crippen LogP contribution in [-0.2, 0) is 62.2 Å². The van der Waals surface area contributed by atoms with Gasteiger partial charge in [0.15, 0.2) is 5.78 Å². The van der Waals surface area contributed by atoms with Crippen LogP contribution >= 0.6 is 0 Å². The summed E-state index contributed by atoms with van der Waals surface area (Å²) in [7, 11) is -4.58. The van der Waals surface area contributed by atoms with Crippen LogP contribution in [-0.4, -0.2) is 127 Å². The fourth-order valence-corrected chi connectivity index (χ4v) is 32.5. The number of hydrogen-bond donors (Lipinski definition) is 11. The van der Waals surface area contributed by atoms with Gasteiger partial charge in [-0.3, -0.25) is 28.8 Å². The Morgan fingerprint density at radius 3 is 1.25 bits per heavy atom. The molecule has 8 aromatic carbocycles. The van der Waals surface area contributed by atoms with Gasteiger partial charge in [-0.1, -0.05) is 174 Å². The van der Waals surface area contributed by atoms with Gasteiger partial charge in [0.05, 0.1) is 23.4 Å². The summed E-state index contributed by atoms with van der Waals surface area (Å²) in [5.41, 5.74) is 39.4. The Morgan fingerprint density at radius 1 is 0.396 bits per heavy atom. The third-order valence-corrected chi connectivity index (χ3v) is 41.1. The highest BCUT2D eigenvalue weighted by Crippen LogP contribution is 2.68. The van der Waals surface area contributed by atoms with E-state index in [1.807, 2.05) is 84.9 Å². The molecule has 1 heterocycles. The van der Waals surface area contributed by atoms with Gasteiger partial charge in [-0.15, -0.1) is 0 Å². The largest absolute Gasteiger partial charge is 0.494 e. The number of hydrogen-bond acceptors (Lipinski definition) is 16. The van der Waals surface area contributed by atoms with E-state index in [1.54, 1.807) is 47.5 Å². The Hall–Kier alpha value is -9.48. The van der Waals surface area contributed by atoms with Crippen molar-refractivity contribution in [3.8, 4) is 0 Å². The van der Waals surface area contributed by atoms with Crippen LogP contribution in [0.3, 0.4) is 0 Å². The topological polar surface area (TPSA) is 361 Å². The van der Waals surface area contributed by atoms with Crippen LogP contribution in [0.1, 0.15) is 342 Å². The first-order valence-electron chi connectivity index (χ1n) is 54.2. The smallest absolute Gasteiger partial charge is 0.423 e. The maximum atomic E-state index is 13.5. The molecule has 14 N–H and O–H groups in total. The Morgan fingerprint density at radius 2 is 0.785 bits per heavy atom. The second-order valence-corrected chi connectivity index (χ2v) is 48.9. The van der Waals surface area contributed by atoms with Gasteiger partial charge in [0.1, 0.15) is 11.6 Å². The quantitative estimate of drug-likeness (QED) is 0.0423. The number of carbonyl (C=O) groups excluding carboxylic acids is 6. The Bertz CT molecular complexity index is 6410. The molecule has 0 spiro atoms. The molecule has 0 radical (unpaired) electrons. The molecule has 1 saturated heterocycles. The minimum Gasteiger partial charge on any atom is -0.423 e. The lowest BCUT2D eigenvalue weighted by Gasteiger charge is -2.50. The van der Waals surface area contributed by atoms with Gasteiger partial charge >= 0.3 is 28.5 Å². The summed E-state index contributed by atoms with van der Waals surface area (Å²) in [6, 6.07) is 53.4. The molecule has 15 aliphatic carbocycles. The fourth-order valence-electron chi connectivity index (χ4n) is 32.5. The van der Waals surface area contributed by atoms with E-state index in [-0.39, 0.29) is 63.2 Å². The summed E-state index contributed by atoms with van der Waals surface area (Å²) >= 11 is 0. The lowest BCUT2D eigenvalue weighted by Crippen LogP contribution is -2.44. The number of primary amides is 3. The van der Waals surface area contributed by atoms with Crippen molar-refractivity contribution in [2.45, 2.75) is 302 Å². The summed E-state index contributed by atoms with van der Waals surface area (Å²) in [4.78, 5) is 73.0. The standard InChI is InChI=1S/C26H32BNO4.C26H30BNO4.C26H28BNO4.C24H33BO3.C19H24O/c3*1-26-10-9-21-20-8-6-19(27(31)32)13-16(20)5-7-22(21)23(26)14-18(24(26)29)12-15-3-2-4-17(11-15)25(28)30;1-22(2)23(3,4)28-25(27-22)16-7-9-17-15(14-16)6-8-19-18(17)12-13-24(5)20(19)10-11-21(24)26;1-12-3-5-14-13(11-12)4-6-16-15(14)9-10-19(2)17(16)7-8-18(19)20/h2-4,6,8,11,13,18,21-24,29,31-32H,5,7,9-10,12,14H2,1H3,(H2,28,30);2-4,6,8,11-13,21-24,29,31-32H,5,7,9-10,14H2,1H3,(H2,28,30);2-4,6,8,11-13,21-23,31-32H,5,7,9-10,14H2,1H3,(H2,28,30);7,9,14,18-20H,6,8,10-13H2,1-5H3;3,5,11,15-17H,4,6-10H2,1-2H3/b;2*18-12+;;/t18-,21+,22+,23-,24-,26-;21-,22-,23+,24+,26+;21-,22-,23+,26+;18-,19-,20+,24+;15?,16?,17?,19-/m01110/s1. The number of ketones is 3. The molecule has 1 aliphatic heterocycles. The number of fused-ring (bicyclic) bond motifs is 25. The minimum absolute atomic E-state index is 0.0172. The van der Waals surface area contributed by atoms with E-state index in [9.17, 15) is 69.1 Å². The molecule has 8 aromatic rings. The summed E-state index contributed by atoms with van der Waals surface area (Å²) in [6.45, 7) is 21.8. The summed E-state index contributed by atoms with van der Waals surface area (Å²) in [5.74, 6) is 8.21. The number of aryl methyl sites for hydroxylation is 6. The van der Waals surface area contributed by atoms with Gasteiger partial charge in [0.2, 0.25) is 17.7 Å². The van der Waals surface area contributed by atoms with Crippen LogP contribution in [0.5, 0.6) is 0 Å². The number of amides is 3. The molecule has 16 aliphatic rings. The van der Waals surface area contributed by atoms with Crippen molar-refractivity contribution >= 4 is 97.5 Å². The van der Waals surface area contributed by atoms with Gasteiger partial charge < -0.3 is 66.9 Å². The second kappa shape index (κ2) is 39.2. The van der Waals surface area contributed by atoms with Crippen molar-refractivity contribution < 1.29 is 78.4 Å². The molecule has 754 valence electrons. The van der Waals surface area contributed by atoms with Gasteiger partial charge in [-0.25, -0.2) is 0 Å². The number of aliphatic hydroxyl groups excluding tert-OH is 2. The first-order chi connectivity index (χ1) is 68.5. The van der Waals surface area contributed by atoms with Crippen molar-refractivity contribution in [3.63, 3.8) is 0 Å². The van der Waals surface area contributed by atoms with Crippen molar-refractivity contribution in [3.05, 3.63) is 270 Å². The number of carbonyl (C=O) groups is 6. The molecule has 24 rings (SSSR count). The van der Waals surface area contributed by atoms with Crippen molar-refractivity contribution in [2.75, 3.05) is 0 Å². The maximum absolute atomic E-state index is 13.5. The molecule has 3 unspecified atom stereocenters. The van der Waals surface area contributed by atoms with E-state index >= 15 is 0 Å². The van der Waals surface area contributed by atoms with Crippen LogP contribution in [0, 0.1) is 99.1 Å². The van der Waals surface area contributed by atoms with Crippen LogP contribution in [0.15, 0.2) is 175 Å². The first-order valence-corrected chi connectivity index (χ1v) is 54.2. The predicted octanol–water partition coefficient (Wildman–Crippen LogP) is 15.9. The molecule has 19 nitrogen and oxygen atoms in total. The summed E-state index contributed by atoms with van der Waals surface area (Å²) in [6.07, 6.45) is 31.7. The van der Waals surface area contributed by atoms with Crippen LogP contribution in [0.2, 0.25) is 0 Å². The molecule has 0 bridgehead atoms. The van der Waals surface area contributed by atoms with E-state index in [4.69, 9.17) is 26.5 Å². The highest BCUT2D eigenvalue weighted by atomic mass is 16.7. The SMILES string of the molecule is CC1(C)OB(c2ccc3c(c2)CC[C@@H]2[C@@H]3CC[C@]3(C)C(=O)CC[C@@H]23)OC1(C)C.C[C@]12CC[C@@H]3c4ccc(B(O)O)cc4CC[C@H]3[C@@H]1C/C(=C\c1cccc(C(N)=O)c1)C2=O.C[C@]12CC[C@@H]3c4ccc(B(O)O)cc4CC[C@H]3[C@@H]1C/C(=C\c1cccc(C(N)=O)c1)[C@@H]2O.C[C@]12CC[C@@H]3c4ccc(B(O)O)cc4CC[C@H]3[C@@H]1C[C@H](Cc1cccc(C(N)=O)c1)[C@@H]2O.Cc1ccc2c(c1)CCC1C2CC[C@]2(C)C(=O)CCC12. The number of allylic oxidation sites excluding steroid dienone is 1. The Balaban J connectivity index is 0.000000111. The average Bonchev–Trinajstić information content (AvgIpc) is 1.46.